The number of aromatic amines is 1. The number of hydrogen-bond acceptors (Lipinski definition) is 5. The number of fused-ring (bicyclic) bond motifs is 1. The Balaban J connectivity index is 1.54. The summed E-state index contributed by atoms with van der Waals surface area (Å²) in [5.41, 5.74) is 1.56. The fourth-order valence-electron chi connectivity index (χ4n) is 2.54. The summed E-state index contributed by atoms with van der Waals surface area (Å²) in [4.78, 5) is 25.8. The zero-order valence-electron chi connectivity index (χ0n) is 13.0. The molecule has 2 aromatic rings. The molecule has 2 atom stereocenters. The minimum Gasteiger partial charge on any atom is -0.408 e. The molecule has 0 unspecified atom stereocenters. The highest BCUT2D eigenvalue weighted by molar-refractivity contribution is 5.95. The van der Waals surface area contributed by atoms with Crippen LogP contribution in [0.5, 0.6) is 0 Å². The summed E-state index contributed by atoms with van der Waals surface area (Å²) in [6.45, 7) is 2.89. The van der Waals surface area contributed by atoms with Crippen molar-refractivity contribution < 1.29 is 18.7 Å². The summed E-state index contributed by atoms with van der Waals surface area (Å²) in [6, 6.07) is 4.95. The Morgan fingerprint density at radius 2 is 2.35 bits per heavy atom. The molecule has 0 spiro atoms. The Labute approximate surface area is 133 Å². The second-order valence-corrected chi connectivity index (χ2v) is 5.68. The van der Waals surface area contributed by atoms with Crippen LogP contribution in [-0.4, -0.2) is 36.3 Å². The zero-order chi connectivity index (χ0) is 16.2. The number of anilines is 1. The molecular formula is C16H20N2O5. The molecule has 1 saturated heterocycles. The molecule has 1 amide bonds. The summed E-state index contributed by atoms with van der Waals surface area (Å²) in [7, 11) is 0. The Kier molecular flexibility index (Phi) is 4.78. The van der Waals surface area contributed by atoms with Crippen LogP contribution in [0.4, 0.5) is 5.69 Å². The van der Waals surface area contributed by atoms with E-state index in [1.807, 2.05) is 0 Å². The number of amides is 1. The van der Waals surface area contributed by atoms with Crippen molar-refractivity contribution >= 4 is 22.7 Å². The topological polar surface area (TPSA) is 93.6 Å². The monoisotopic (exact) mass is 320 g/mol. The van der Waals surface area contributed by atoms with Gasteiger partial charge in [-0.05, 0) is 44.4 Å². The van der Waals surface area contributed by atoms with E-state index in [4.69, 9.17) is 13.9 Å². The summed E-state index contributed by atoms with van der Waals surface area (Å²) in [6.07, 6.45) is 2.69. The number of aromatic nitrogens is 1. The molecular weight excluding hydrogens is 300 g/mol. The third-order valence-electron chi connectivity index (χ3n) is 3.86. The number of oxazole rings is 1. The lowest BCUT2D eigenvalue weighted by atomic mass is 10.1. The third kappa shape index (κ3) is 4.00. The van der Waals surface area contributed by atoms with Gasteiger partial charge in [0.1, 0.15) is 6.10 Å². The van der Waals surface area contributed by atoms with Gasteiger partial charge in [0.15, 0.2) is 5.58 Å². The quantitative estimate of drug-likeness (QED) is 0.879. The second-order valence-electron chi connectivity index (χ2n) is 5.68. The number of rotatable bonds is 5. The Hall–Kier alpha value is -2.12. The number of carbonyl (C=O) groups excluding carboxylic acids is 1. The third-order valence-corrected chi connectivity index (χ3v) is 3.86. The van der Waals surface area contributed by atoms with Gasteiger partial charge in [-0.3, -0.25) is 9.78 Å². The molecule has 7 nitrogen and oxygen atoms in total. The number of benzene rings is 1. The van der Waals surface area contributed by atoms with E-state index in [9.17, 15) is 9.59 Å². The van der Waals surface area contributed by atoms with Crippen molar-refractivity contribution in [3.05, 3.63) is 28.7 Å². The number of carbonyl (C=O) groups is 1. The average molecular weight is 320 g/mol. The molecule has 23 heavy (non-hydrogen) atoms. The molecule has 124 valence electrons. The lowest BCUT2D eigenvalue weighted by molar-refractivity contribution is -0.130. The average Bonchev–Trinajstić information content (AvgIpc) is 2.92. The predicted molar refractivity (Wildman–Crippen MR) is 84.5 cm³/mol. The lowest BCUT2D eigenvalue weighted by Crippen LogP contribution is -2.32. The highest BCUT2D eigenvalue weighted by atomic mass is 16.5. The van der Waals surface area contributed by atoms with Crippen molar-refractivity contribution in [3.63, 3.8) is 0 Å². The van der Waals surface area contributed by atoms with Crippen LogP contribution in [0, 0.1) is 0 Å². The SMILES string of the molecule is C[C@@H](OC[C@@H]1CCCCO1)C(=O)Nc1ccc2oc(=O)[nH]c2c1. The first-order chi connectivity index (χ1) is 11.1. The molecule has 0 aliphatic carbocycles. The molecule has 2 heterocycles. The molecule has 0 radical (unpaired) electrons. The lowest BCUT2D eigenvalue weighted by Gasteiger charge is -2.23. The molecule has 0 saturated carbocycles. The van der Waals surface area contributed by atoms with Crippen molar-refractivity contribution in [2.24, 2.45) is 0 Å². The molecule has 1 aliphatic rings. The second kappa shape index (κ2) is 6.97. The zero-order valence-corrected chi connectivity index (χ0v) is 13.0. The largest absolute Gasteiger partial charge is 0.417 e. The van der Waals surface area contributed by atoms with E-state index in [-0.39, 0.29) is 12.0 Å². The maximum atomic E-state index is 12.2. The standard InChI is InChI=1S/C16H20N2O5/c1-10(22-9-12-4-2-3-7-21-12)15(19)17-11-5-6-14-13(8-11)18-16(20)23-14/h5-6,8,10,12H,2-4,7,9H2,1H3,(H,17,19)(H,18,20)/t10-,12+/m1/s1. The first-order valence-corrected chi connectivity index (χ1v) is 7.79. The minimum absolute atomic E-state index is 0.0753. The maximum absolute atomic E-state index is 12.2. The molecule has 1 aromatic heterocycles. The molecule has 0 bridgehead atoms. The van der Waals surface area contributed by atoms with Crippen LogP contribution in [0.2, 0.25) is 0 Å². The number of ether oxygens (including phenoxy) is 2. The Morgan fingerprint density at radius 1 is 1.48 bits per heavy atom. The molecule has 3 rings (SSSR count). The first kappa shape index (κ1) is 15.8. The summed E-state index contributed by atoms with van der Waals surface area (Å²) in [5, 5.41) is 2.76. The van der Waals surface area contributed by atoms with Crippen molar-refractivity contribution in [1.29, 1.82) is 0 Å². The fourth-order valence-corrected chi connectivity index (χ4v) is 2.54. The molecule has 1 fully saturated rings. The Morgan fingerprint density at radius 3 is 3.13 bits per heavy atom. The van der Waals surface area contributed by atoms with Crippen LogP contribution in [-0.2, 0) is 14.3 Å². The van der Waals surface area contributed by atoms with E-state index in [0.29, 0.717) is 23.4 Å². The van der Waals surface area contributed by atoms with Gasteiger partial charge in [0.05, 0.1) is 18.2 Å². The van der Waals surface area contributed by atoms with Gasteiger partial charge in [0, 0.05) is 12.3 Å². The smallest absolute Gasteiger partial charge is 0.408 e. The van der Waals surface area contributed by atoms with E-state index < -0.39 is 11.9 Å². The Bertz CT molecular complexity index is 729. The van der Waals surface area contributed by atoms with Crippen LogP contribution in [0.3, 0.4) is 0 Å². The van der Waals surface area contributed by atoms with Gasteiger partial charge in [0.25, 0.3) is 5.91 Å². The summed E-state index contributed by atoms with van der Waals surface area (Å²) in [5.74, 6) is -0.765. The number of H-pyrrole nitrogens is 1. The van der Waals surface area contributed by atoms with Crippen molar-refractivity contribution in [2.45, 2.75) is 38.4 Å². The van der Waals surface area contributed by atoms with Gasteiger partial charge in [-0.25, -0.2) is 4.79 Å². The van der Waals surface area contributed by atoms with E-state index in [2.05, 4.69) is 10.3 Å². The normalized spacial score (nSPS) is 19.6. The van der Waals surface area contributed by atoms with Crippen LogP contribution in [0.25, 0.3) is 11.1 Å². The number of nitrogens with one attached hydrogen (secondary N) is 2. The van der Waals surface area contributed by atoms with Gasteiger partial charge < -0.3 is 19.2 Å². The van der Waals surface area contributed by atoms with Crippen molar-refractivity contribution in [3.8, 4) is 0 Å². The van der Waals surface area contributed by atoms with Crippen LogP contribution in [0.1, 0.15) is 26.2 Å². The van der Waals surface area contributed by atoms with Crippen LogP contribution >= 0.6 is 0 Å². The molecule has 2 N–H and O–H groups in total. The van der Waals surface area contributed by atoms with Crippen molar-refractivity contribution in [2.75, 3.05) is 18.5 Å². The van der Waals surface area contributed by atoms with Gasteiger partial charge >= 0.3 is 5.76 Å². The maximum Gasteiger partial charge on any atom is 0.417 e. The molecule has 1 aliphatic heterocycles. The minimum atomic E-state index is -0.584. The van der Waals surface area contributed by atoms with Gasteiger partial charge in [0.2, 0.25) is 0 Å². The number of hydrogen-bond donors (Lipinski definition) is 2. The summed E-state index contributed by atoms with van der Waals surface area (Å²) < 4.78 is 16.1. The van der Waals surface area contributed by atoms with E-state index in [1.54, 1.807) is 25.1 Å². The van der Waals surface area contributed by atoms with E-state index in [1.165, 1.54) is 0 Å². The van der Waals surface area contributed by atoms with Gasteiger partial charge in [-0.2, -0.15) is 0 Å². The highest BCUT2D eigenvalue weighted by Crippen LogP contribution is 2.17. The summed E-state index contributed by atoms with van der Waals surface area (Å²) >= 11 is 0. The fraction of sp³-hybridized carbons (Fsp3) is 0.500. The van der Waals surface area contributed by atoms with Crippen LogP contribution < -0.4 is 11.1 Å². The molecule has 1 aromatic carbocycles. The van der Waals surface area contributed by atoms with Crippen molar-refractivity contribution in [1.82, 2.24) is 4.98 Å². The van der Waals surface area contributed by atoms with Gasteiger partial charge in [-0.15, -0.1) is 0 Å². The predicted octanol–water partition coefficient (Wildman–Crippen LogP) is 2.03. The van der Waals surface area contributed by atoms with E-state index >= 15 is 0 Å². The molecule has 7 heteroatoms. The van der Waals surface area contributed by atoms with Gasteiger partial charge in [-0.1, -0.05) is 0 Å². The van der Waals surface area contributed by atoms with Crippen LogP contribution in [0.15, 0.2) is 27.4 Å². The first-order valence-electron chi connectivity index (χ1n) is 7.79. The van der Waals surface area contributed by atoms with E-state index in [0.717, 1.165) is 25.9 Å². The highest BCUT2D eigenvalue weighted by Gasteiger charge is 2.19.